The minimum Gasteiger partial charge on any atom is -0.338 e. The van der Waals surface area contributed by atoms with E-state index in [1.165, 1.54) is 11.8 Å². The number of thioether (sulfide) groups is 1. The van der Waals surface area contributed by atoms with Crippen molar-refractivity contribution in [3.05, 3.63) is 30.3 Å². The Balaban J connectivity index is 2.18. The van der Waals surface area contributed by atoms with Gasteiger partial charge in [0.05, 0.1) is 5.75 Å². The van der Waals surface area contributed by atoms with Gasteiger partial charge in [0, 0.05) is 11.4 Å². The molecule has 104 valence electrons. The number of rotatable bonds is 6. The fourth-order valence-corrected chi connectivity index (χ4v) is 2.07. The van der Waals surface area contributed by atoms with Gasteiger partial charge in [0.2, 0.25) is 5.91 Å². The molecule has 0 atom stereocenters. The van der Waals surface area contributed by atoms with Gasteiger partial charge in [-0.15, -0.1) is 11.8 Å². The van der Waals surface area contributed by atoms with Crippen molar-refractivity contribution < 1.29 is 9.59 Å². The van der Waals surface area contributed by atoms with Crippen molar-refractivity contribution in [2.24, 2.45) is 5.92 Å². The average molecular weight is 280 g/mol. The van der Waals surface area contributed by atoms with Crippen LogP contribution in [0, 0.1) is 5.92 Å². The quantitative estimate of drug-likeness (QED) is 0.788. The second kappa shape index (κ2) is 8.58. The first-order valence-electron chi connectivity index (χ1n) is 6.33. The third-order valence-electron chi connectivity index (χ3n) is 2.37. The maximum absolute atomic E-state index is 11.5. The smallest absolute Gasteiger partial charge is 0.321 e. The highest BCUT2D eigenvalue weighted by atomic mass is 32.2. The standard InChI is InChI=1S/C14H20N2O2S/c1-11(2)8-9-15-14(18)16-13(17)10-19-12-6-4-3-5-7-12/h3-7,11H,8-10H2,1-2H3,(H2,15,16,17,18). The van der Waals surface area contributed by atoms with Crippen LogP contribution in [-0.2, 0) is 4.79 Å². The molecule has 0 aromatic heterocycles. The van der Waals surface area contributed by atoms with Crippen LogP contribution >= 0.6 is 11.8 Å². The maximum Gasteiger partial charge on any atom is 0.321 e. The van der Waals surface area contributed by atoms with Gasteiger partial charge in [-0.1, -0.05) is 32.0 Å². The summed E-state index contributed by atoms with van der Waals surface area (Å²) in [7, 11) is 0. The first-order valence-corrected chi connectivity index (χ1v) is 7.32. The summed E-state index contributed by atoms with van der Waals surface area (Å²) in [6, 6.07) is 9.20. The van der Waals surface area contributed by atoms with Crippen LogP contribution in [0.5, 0.6) is 0 Å². The highest BCUT2D eigenvalue weighted by Crippen LogP contribution is 2.15. The van der Waals surface area contributed by atoms with Crippen molar-refractivity contribution in [1.29, 1.82) is 0 Å². The molecule has 0 aliphatic rings. The fraction of sp³-hybridized carbons (Fsp3) is 0.429. The molecular formula is C14H20N2O2S. The lowest BCUT2D eigenvalue weighted by Crippen LogP contribution is -2.40. The van der Waals surface area contributed by atoms with Gasteiger partial charge in [-0.3, -0.25) is 10.1 Å². The van der Waals surface area contributed by atoms with Gasteiger partial charge in [0.25, 0.3) is 0 Å². The van der Waals surface area contributed by atoms with Crippen LogP contribution < -0.4 is 10.6 Å². The molecule has 1 aromatic rings. The Morgan fingerprint density at radius 2 is 1.89 bits per heavy atom. The van der Waals surface area contributed by atoms with Gasteiger partial charge in [-0.05, 0) is 24.5 Å². The maximum atomic E-state index is 11.5. The van der Waals surface area contributed by atoms with Crippen LogP contribution in [0.1, 0.15) is 20.3 Å². The van der Waals surface area contributed by atoms with Gasteiger partial charge >= 0.3 is 6.03 Å². The summed E-state index contributed by atoms with van der Waals surface area (Å²) >= 11 is 1.41. The fourth-order valence-electron chi connectivity index (χ4n) is 1.35. The van der Waals surface area contributed by atoms with E-state index in [9.17, 15) is 9.59 Å². The molecule has 0 saturated carbocycles. The number of hydrogen-bond acceptors (Lipinski definition) is 3. The Morgan fingerprint density at radius 1 is 1.21 bits per heavy atom. The Bertz CT molecular complexity index is 407. The summed E-state index contributed by atoms with van der Waals surface area (Å²) < 4.78 is 0. The molecule has 0 bridgehead atoms. The van der Waals surface area contributed by atoms with E-state index in [0.29, 0.717) is 12.5 Å². The minimum absolute atomic E-state index is 0.238. The van der Waals surface area contributed by atoms with E-state index in [-0.39, 0.29) is 11.7 Å². The second-order valence-electron chi connectivity index (χ2n) is 4.59. The molecule has 0 aliphatic carbocycles. The number of nitrogens with one attached hydrogen (secondary N) is 2. The molecule has 0 unspecified atom stereocenters. The molecule has 0 heterocycles. The lowest BCUT2D eigenvalue weighted by molar-refractivity contribution is -0.117. The predicted molar refractivity (Wildman–Crippen MR) is 78.2 cm³/mol. The second-order valence-corrected chi connectivity index (χ2v) is 5.64. The first kappa shape index (κ1) is 15.6. The average Bonchev–Trinajstić information content (AvgIpc) is 2.37. The molecule has 0 spiro atoms. The Hall–Kier alpha value is -1.49. The summed E-state index contributed by atoms with van der Waals surface area (Å²) in [5, 5.41) is 4.98. The van der Waals surface area contributed by atoms with Crippen LogP contribution in [0.3, 0.4) is 0 Å². The number of hydrogen-bond donors (Lipinski definition) is 2. The van der Waals surface area contributed by atoms with E-state index < -0.39 is 6.03 Å². The summed E-state index contributed by atoms with van der Waals surface area (Å²) in [6.07, 6.45) is 0.903. The summed E-state index contributed by atoms with van der Waals surface area (Å²) in [5.74, 6) is 0.488. The molecule has 4 nitrogen and oxygen atoms in total. The molecule has 0 aliphatic heterocycles. The highest BCUT2D eigenvalue weighted by molar-refractivity contribution is 8.00. The number of urea groups is 1. The van der Waals surface area contributed by atoms with Crippen LogP contribution in [0.4, 0.5) is 4.79 Å². The molecule has 1 aromatic carbocycles. The van der Waals surface area contributed by atoms with Crippen molar-refractivity contribution in [3.63, 3.8) is 0 Å². The van der Waals surface area contributed by atoms with Crippen LogP contribution in [-0.4, -0.2) is 24.2 Å². The Morgan fingerprint density at radius 3 is 2.53 bits per heavy atom. The van der Waals surface area contributed by atoms with E-state index in [4.69, 9.17) is 0 Å². The van der Waals surface area contributed by atoms with Crippen molar-refractivity contribution in [2.75, 3.05) is 12.3 Å². The van der Waals surface area contributed by atoms with Crippen LogP contribution in [0.2, 0.25) is 0 Å². The third kappa shape index (κ3) is 7.51. The molecule has 3 amide bonds. The number of carbonyl (C=O) groups excluding carboxylic acids is 2. The van der Waals surface area contributed by atoms with Crippen LogP contribution in [0.25, 0.3) is 0 Å². The van der Waals surface area contributed by atoms with E-state index in [2.05, 4.69) is 24.5 Å². The molecule has 1 rings (SSSR count). The summed E-state index contributed by atoms with van der Waals surface area (Å²) in [5.41, 5.74) is 0. The van der Waals surface area contributed by atoms with Crippen molar-refractivity contribution in [1.82, 2.24) is 10.6 Å². The van der Waals surface area contributed by atoms with Crippen molar-refractivity contribution in [2.45, 2.75) is 25.2 Å². The molecule has 0 radical (unpaired) electrons. The predicted octanol–water partition coefficient (Wildman–Crippen LogP) is 2.65. The van der Waals surface area contributed by atoms with Gasteiger partial charge in [0.1, 0.15) is 0 Å². The highest BCUT2D eigenvalue weighted by Gasteiger charge is 2.07. The minimum atomic E-state index is -0.417. The first-order chi connectivity index (χ1) is 9.08. The van der Waals surface area contributed by atoms with E-state index in [1.807, 2.05) is 30.3 Å². The largest absolute Gasteiger partial charge is 0.338 e. The van der Waals surface area contributed by atoms with E-state index in [0.717, 1.165) is 11.3 Å². The molecule has 0 fully saturated rings. The lowest BCUT2D eigenvalue weighted by atomic mass is 10.1. The van der Waals surface area contributed by atoms with Gasteiger partial charge < -0.3 is 5.32 Å². The molecule has 19 heavy (non-hydrogen) atoms. The summed E-state index contributed by atoms with van der Waals surface area (Å²) in [4.78, 5) is 23.9. The number of carbonyl (C=O) groups is 2. The van der Waals surface area contributed by atoms with Gasteiger partial charge in [0.15, 0.2) is 0 Å². The zero-order chi connectivity index (χ0) is 14.1. The lowest BCUT2D eigenvalue weighted by Gasteiger charge is -2.08. The zero-order valence-corrected chi connectivity index (χ0v) is 12.1. The normalized spacial score (nSPS) is 10.3. The van der Waals surface area contributed by atoms with Crippen molar-refractivity contribution in [3.8, 4) is 0 Å². The van der Waals surface area contributed by atoms with Crippen molar-refractivity contribution >= 4 is 23.7 Å². The van der Waals surface area contributed by atoms with Gasteiger partial charge in [-0.25, -0.2) is 4.79 Å². The molecular weight excluding hydrogens is 260 g/mol. The molecule has 5 heteroatoms. The Kier molecular flexibility index (Phi) is 7.03. The third-order valence-corrected chi connectivity index (χ3v) is 3.39. The number of benzene rings is 1. The van der Waals surface area contributed by atoms with Gasteiger partial charge in [-0.2, -0.15) is 0 Å². The summed E-state index contributed by atoms with van der Waals surface area (Å²) in [6.45, 7) is 4.76. The topological polar surface area (TPSA) is 58.2 Å². The van der Waals surface area contributed by atoms with Crippen LogP contribution in [0.15, 0.2) is 35.2 Å². The van der Waals surface area contributed by atoms with E-state index >= 15 is 0 Å². The Labute approximate surface area is 118 Å². The van der Waals surface area contributed by atoms with E-state index in [1.54, 1.807) is 0 Å². The zero-order valence-electron chi connectivity index (χ0n) is 11.3. The molecule has 2 N–H and O–H groups in total. The SMILES string of the molecule is CC(C)CCNC(=O)NC(=O)CSc1ccccc1. The monoisotopic (exact) mass is 280 g/mol. The number of amides is 3. The molecule has 0 saturated heterocycles. The number of imide groups is 1.